The summed E-state index contributed by atoms with van der Waals surface area (Å²) in [5, 5.41) is 0. The smallest absolute Gasteiger partial charge is 0.410 e. The number of hydrogen-bond donors (Lipinski definition) is 1. The van der Waals surface area contributed by atoms with Gasteiger partial charge in [-0.05, 0) is 33.1 Å². The zero-order valence-corrected chi connectivity index (χ0v) is 16.6. The molecule has 2 rings (SSSR count). The summed E-state index contributed by atoms with van der Waals surface area (Å²) in [6, 6.07) is 0. The number of likely N-dealkylation sites (tertiary alicyclic amines) is 1. The number of nitrogens with zero attached hydrogens (tertiary/aromatic N) is 3. The Balaban J connectivity index is 0.00000264. The zero-order chi connectivity index (χ0) is 16.2. The van der Waals surface area contributed by atoms with Gasteiger partial charge in [0.05, 0.1) is 13.2 Å². The molecule has 2 fully saturated rings. The second-order valence-electron chi connectivity index (χ2n) is 6.88. The largest absolute Gasteiger partial charge is 0.444 e. The highest BCUT2D eigenvalue weighted by Crippen LogP contribution is 2.19. The van der Waals surface area contributed by atoms with Crippen molar-refractivity contribution in [1.29, 1.82) is 0 Å². The maximum atomic E-state index is 12.0. The lowest BCUT2D eigenvalue weighted by Crippen LogP contribution is -2.45. The van der Waals surface area contributed by atoms with E-state index in [9.17, 15) is 4.79 Å². The SMILES string of the molecule is CC(C)(C)OC(=O)N1CCC(CN=C(N)N2CCOCC2)C1.I. The first-order valence-electron chi connectivity index (χ1n) is 7.96. The fourth-order valence-electron chi connectivity index (χ4n) is 2.59. The lowest BCUT2D eigenvalue weighted by Gasteiger charge is -2.27. The third kappa shape index (κ3) is 6.70. The molecular weight excluding hydrogens is 411 g/mol. The Labute approximate surface area is 155 Å². The maximum Gasteiger partial charge on any atom is 0.410 e. The summed E-state index contributed by atoms with van der Waals surface area (Å²) in [6.07, 6.45) is 0.708. The number of ether oxygens (including phenoxy) is 2. The van der Waals surface area contributed by atoms with Crippen LogP contribution in [0.5, 0.6) is 0 Å². The van der Waals surface area contributed by atoms with E-state index in [4.69, 9.17) is 15.2 Å². The van der Waals surface area contributed by atoms with Crippen LogP contribution in [0.2, 0.25) is 0 Å². The van der Waals surface area contributed by atoms with Crippen LogP contribution in [0, 0.1) is 5.92 Å². The van der Waals surface area contributed by atoms with E-state index < -0.39 is 5.60 Å². The summed E-state index contributed by atoms with van der Waals surface area (Å²) in [6.45, 7) is 10.7. The number of aliphatic imine (C=N–C) groups is 1. The Morgan fingerprint density at radius 3 is 2.52 bits per heavy atom. The van der Waals surface area contributed by atoms with E-state index in [1.807, 2.05) is 25.7 Å². The van der Waals surface area contributed by atoms with Crippen molar-refractivity contribution < 1.29 is 14.3 Å². The number of amides is 1. The second-order valence-corrected chi connectivity index (χ2v) is 6.88. The van der Waals surface area contributed by atoms with Gasteiger partial charge >= 0.3 is 6.09 Å². The molecule has 2 heterocycles. The normalized spacial score (nSPS) is 22.7. The molecule has 1 atom stereocenters. The molecule has 2 aliphatic rings. The predicted molar refractivity (Wildman–Crippen MR) is 100 cm³/mol. The lowest BCUT2D eigenvalue weighted by molar-refractivity contribution is 0.0289. The number of rotatable bonds is 2. The minimum Gasteiger partial charge on any atom is -0.444 e. The molecule has 2 N–H and O–H groups in total. The van der Waals surface area contributed by atoms with E-state index in [0.29, 0.717) is 38.2 Å². The molecule has 0 aliphatic carbocycles. The minimum absolute atomic E-state index is 0. The van der Waals surface area contributed by atoms with Crippen molar-refractivity contribution in [2.45, 2.75) is 32.8 Å². The average Bonchev–Trinajstić information content (AvgIpc) is 2.93. The van der Waals surface area contributed by atoms with E-state index in [1.165, 1.54) is 0 Å². The average molecular weight is 440 g/mol. The predicted octanol–water partition coefficient (Wildman–Crippen LogP) is 1.51. The number of hydrogen-bond acceptors (Lipinski definition) is 4. The molecular formula is C15H29IN4O3. The fraction of sp³-hybridized carbons (Fsp3) is 0.867. The van der Waals surface area contributed by atoms with Crippen LogP contribution >= 0.6 is 24.0 Å². The van der Waals surface area contributed by atoms with Crippen LogP contribution in [0.1, 0.15) is 27.2 Å². The van der Waals surface area contributed by atoms with Crippen molar-refractivity contribution in [2.24, 2.45) is 16.6 Å². The van der Waals surface area contributed by atoms with Gasteiger partial charge in [0, 0.05) is 32.7 Å². The van der Waals surface area contributed by atoms with Gasteiger partial charge in [-0.1, -0.05) is 0 Å². The molecule has 0 aromatic rings. The van der Waals surface area contributed by atoms with Crippen molar-refractivity contribution in [3.05, 3.63) is 0 Å². The Morgan fingerprint density at radius 2 is 1.91 bits per heavy atom. The number of halogens is 1. The molecule has 0 bridgehead atoms. The Hall–Kier alpha value is -0.770. The van der Waals surface area contributed by atoms with Crippen LogP contribution in [0.4, 0.5) is 4.79 Å². The van der Waals surface area contributed by atoms with Crippen molar-refractivity contribution in [2.75, 3.05) is 45.9 Å². The number of nitrogens with two attached hydrogens (primary N) is 1. The summed E-state index contributed by atoms with van der Waals surface area (Å²) in [4.78, 5) is 20.3. The highest BCUT2D eigenvalue weighted by Gasteiger charge is 2.29. The van der Waals surface area contributed by atoms with Crippen LogP contribution in [0.3, 0.4) is 0 Å². The standard InChI is InChI=1S/C15H28N4O3.HI/c1-15(2,3)22-14(20)19-5-4-12(11-19)10-17-13(16)18-6-8-21-9-7-18;/h12H,4-11H2,1-3H3,(H2,16,17);1H. The van der Waals surface area contributed by atoms with Crippen molar-refractivity contribution in [3.63, 3.8) is 0 Å². The molecule has 2 saturated heterocycles. The number of morpholine rings is 1. The van der Waals surface area contributed by atoms with Gasteiger partial charge in [-0.2, -0.15) is 0 Å². The molecule has 134 valence electrons. The van der Waals surface area contributed by atoms with Gasteiger partial charge in [0.1, 0.15) is 5.60 Å². The number of carbonyl (C=O) groups excluding carboxylic acids is 1. The Morgan fingerprint density at radius 1 is 1.26 bits per heavy atom. The van der Waals surface area contributed by atoms with Gasteiger partial charge < -0.3 is 25.0 Å². The van der Waals surface area contributed by atoms with E-state index >= 15 is 0 Å². The van der Waals surface area contributed by atoms with Gasteiger partial charge in [0.25, 0.3) is 0 Å². The molecule has 1 unspecified atom stereocenters. The minimum atomic E-state index is -0.450. The molecule has 8 heteroatoms. The summed E-state index contributed by atoms with van der Waals surface area (Å²) >= 11 is 0. The van der Waals surface area contributed by atoms with E-state index in [1.54, 1.807) is 4.90 Å². The van der Waals surface area contributed by atoms with Crippen LogP contribution in [0.25, 0.3) is 0 Å². The molecule has 7 nitrogen and oxygen atoms in total. The molecule has 0 saturated carbocycles. The lowest BCUT2D eigenvalue weighted by atomic mass is 10.1. The third-order valence-corrected chi connectivity index (χ3v) is 3.78. The highest BCUT2D eigenvalue weighted by molar-refractivity contribution is 14.0. The summed E-state index contributed by atoms with van der Waals surface area (Å²) in [5.41, 5.74) is 5.57. The summed E-state index contributed by atoms with van der Waals surface area (Å²) in [5.74, 6) is 0.936. The van der Waals surface area contributed by atoms with Gasteiger partial charge in [-0.25, -0.2) is 4.79 Å². The molecule has 0 radical (unpaired) electrons. The molecule has 0 spiro atoms. The maximum absolute atomic E-state index is 12.0. The Bertz CT molecular complexity index is 419. The quantitative estimate of drug-likeness (QED) is 0.400. The second kappa shape index (κ2) is 8.91. The third-order valence-electron chi connectivity index (χ3n) is 3.78. The first-order valence-corrected chi connectivity index (χ1v) is 7.96. The topological polar surface area (TPSA) is 80.4 Å². The van der Waals surface area contributed by atoms with Crippen LogP contribution in [0.15, 0.2) is 4.99 Å². The van der Waals surface area contributed by atoms with Crippen molar-refractivity contribution in [3.8, 4) is 0 Å². The molecule has 0 aromatic carbocycles. The van der Waals surface area contributed by atoms with Crippen LogP contribution in [-0.4, -0.2) is 73.4 Å². The van der Waals surface area contributed by atoms with Gasteiger partial charge in [-0.15, -0.1) is 24.0 Å². The summed E-state index contributed by atoms with van der Waals surface area (Å²) in [7, 11) is 0. The van der Waals surface area contributed by atoms with Crippen molar-refractivity contribution >= 4 is 36.0 Å². The Kier molecular flexibility index (Phi) is 7.85. The molecule has 0 aromatic heterocycles. The zero-order valence-electron chi connectivity index (χ0n) is 14.3. The highest BCUT2D eigenvalue weighted by atomic mass is 127. The number of carbonyl (C=O) groups is 1. The van der Waals surface area contributed by atoms with Crippen LogP contribution < -0.4 is 5.73 Å². The van der Waals surface area contributed by atoms with E-state index in [2.05, 4.69) is 4.99 Å². The van der Waals surface area contributed by atoms with Gasteiger partial charge in [0.2, 0.25) is 0 Å². The molecule has 1 amide bonds. The summed E-state index contributed by atoms with van der Waals surface area (Å²) < 4.78 is 10.7. The first kappa shape index (κ1) is 20.3. The van der Waals surface area contributed by atoms with Crippen LogP contribution in [-0.2, 0) is 9.47 Å². The molecule has 2 aliphatic heterocycles. The van der Waals surface area contributed by atoms with Crippen molar-refractivity contribution in [1.82, 2.24) is 9.80 Å². The monoisotopic (exact) mass is 440 g/mol. The van der Waals surface area contributed by atoms with Gasteiger partial charge in [-0.3, -0.25) is 4.99 Å². The first-order chi connectivity index (χ1) is 10.3. The van der Waals surface area contributed by atoms with E-state index in [-0.39, 0.29) is 30.1 Å². The fourth-order valence-corrected chi connectivity index (χ4v) is 2.59. The van der Waals surface area contributed by atoms with Gasteiger partial charge in [0.15, 0.2) is 5.96 Å². The van der Waals surface area contributed by atoms with E-state index in [0.717, 1.165) is 26.1 Å². The number of guanidine groups is 1. The molecule has 23 heavy (non-hydrogen) atoms.